The molecule has 0 radical (unpaired) electrons. The molecule has 0 aliphatic heterocycles. The van der Waals surface area contributed by atoms with E-state index in [1.54, 1.807) is 0 Å². The quantitative estimate of drug-likeness (QED) is 0.725. The molecule has 21 heavy (non-hydrogen) atoms. The molecule has 3 N–H and O–H groups in total. The molecule has 120 valence electrons. The third-order valence-corrected chi connectivity index (χ3v) is 7.30. The summed E-state index contributed by atoms with van der Waals surface area (Å²) in [6.45, 7) is 5.14. The Labute approximate surface area is 131 Å². The summed E-state index contributed by atoms with van der Waals surface area (Å²) < 4.78 is 28.9. The van der Waals surface area contributed by atoms with Crippen molar-refractivity contribution >= 4 is 32.2 Å². The predicted molar refractivity (Wildman–Crippen MR) is 88.5 cm³/mol. The molecule has 7 heteroatoms. The van der Waals surface area contributed by atoms with E-state index < -0.39 is 9.84 Å². The summed E-state index contributed by atoms with van der Waals surface area (Å²) in [6, 6.07) is 0. The number of rotatable bonds is 9. The standard InChI is InChI=1S/C14H25N3O2S2/c1-3-5-6-10(4-2)9-16-14-12(13(15)17-20-14)21(18,19)11-7-8-11/h10-11,16H,3-9H2,1-2H3,(H2,15,17). The van der Waals surface area contributed by atoms with Crippen molar-refractivity contribution in [3.05, 3.63) is 0 Å². The topological polar surface area (TPSA) is 85.1 Å². The van der Waals surface area contributed by atoms with Crippen LogP contribution in [0.4, 0.5) is 10.8 Å². The lowest BCUT2D eigenvalue weighted by atomic mass is 9.99. The molecule has 1 aromatic rings. The molecule has 2 rings (SSSR count). The van der Waals surface area contributed by atoms with E-state index in [2.05, 4.69) is 23.5 Å². The van der Waals surface area contributed by atoms with Crippen LogP contribution >= 0.6 is 11.5 Å². The molecule has 0 spiro atoms. The van der Waals surface area contributed by atoms with Crippen molar-refractivity contribution < 1.29 is 8.42 Å². The Balaban J connectivity index is 2.07. The molecule has 0 saturated heterocycles. The summed E-state index contributed by atoms with van der Waals surface area (Å²) in [5.41, 5.74) is 5.79. The highest BCUT2D eigenvalue weighted by Gasteiger charge is 2.40. The minimum absolute atomic E-state index is 0.149. The summed E-state index contributed by atoms with van der Waals surface area (Å²) in [5.74, 6) is 0.709. The zero-order chi connectivity index (χ0) is 15.5. The van der Waals surface area contributed by atoms with Gasteiger partial charge >= 0.3 is 0 Å². The summed E-state index contributed by atoms with van der Waals surface area (Å²) in [4.78, 5) is 0.236. The Morgan fingerprint density at radius 2 is 2.14 bits per heavy atom. The maximum Gasteiger partial charge on any atom is 0.187 e. The highest BCUT2D eigenvalue weighted by Crippen LogP contribution is 2.41. The summed E-state index contributed by atoms with van der Waals surface area (Å²) in [5, 5.41) is 3.65. The Bertz CT molecular complexity index is 565. The second-order valence-corrected chi connectivity index (χ2v) is 8.71. The van der Waals surface area contributed by atoms with Gasteiger partial charge in [0.2, 0.25) is 0 Å². The van der Waals surface area contributed by atoms with Crippen molar-refractivity contribution in [3.63, 3.8) is 0 Å². The highest BCUT2D eigenvalue weighted by molar-refractivity contribution is 7.92. The molecule has 1 aromatic heterocycles. The molecule has 1 atom stereocenters. The first-order valence-corrected chi connectivity index (χ1v) is 10.1. The maximum atomic E-state index is 12.4. The third kappa shape index (κ3) is 3.88. The van der Waals surface area contributed by atoms with E-state index in [9.17, 15) is 8.42 Å². The molecule has 1 fully saturated rings. The number of hydrogen-bond donors (Lipinski definition) is 2. The van der Waals surface area contributed by atoms with Crippen molar-refractivity contribution in [2.75, 3.05) is 17.6 Å². The van der Waals surface area contributed by atoms with Gasteiger partial charge in [0.25, 0.3) is 0 Å². The van der Waals surface area contributed by atoms with E-state index in [1.807, 2.05) is 0 Å². The second-order valence-electron chi connectivity index (χ2n) is 5.77. The van der Waals surface area contributed by atoms with Crippen molar-refractivity contribution in [2.45, 2.75) is 62.5 Å². The summed E-state index contributed by atoms with van der Waals surface area (Å²) >= 11 is 1.16. The normalized spacial score (nSPS) is 16.9. The molecule has 1 heterocycles. The minimum Gasteiger partial charge on any atom is -0.382 e. The van der Waals surface area contributed by atoms with Crippen molar-refractivity contribution in [1.29, 1.82) is 0 Å². The fraction of sp³-hybridized carbons (Fsp3) is 0.786. The van der Waals surface area contributed by atoms with Crippen LogP contribution in [0, 0.1) is 5.92 Å². The van der Waals surface area contributed by atoms with Crippen LogP contribution in [-0.4, -0.2) is 24.6 Å². The molecule has 1 saturated carbocycles. The van der Waals surface area contributed by atoms with E-state index >= 15 is 0 Å². The minimum atomic E-state index is -3.29. The van der Waals surface area contributed by atoms with Crippen LogP contribution < -0.4 is 11.1 Å². The van der Waals surface area contributed by atoms with Crippen molar-refractivity contribution in [2.24, 2.45) is 5.92 Å². The fourth-order valence-electron chi connectivity index (χ4n) is 2.41. The van der Waals surface area contributed by atoms with Gasteiger partial charge in [-0.2, -0.15) is 4.37 Å². The number of anilines is 2. The Morgan fingerprint density at radius 3 is 2.71 bits per heavy atom. The number of nitrogens with zero attached hydrogens (tertiary/aromatic N) is 1. The molecule has 1 aliphatic rings. The predicted octanol–water partition coefficient (Wildman–Crippen LogP) is 3.29. The first kappa shape index (κ1) is 16.5. The summed E-state index contributed by atoms with van der Waals surface area (Å²) in [7, 11) is -3.29. The van der Waals surface area contributed by atoms with Gasteiger partial charge in [-0.1, -0.05) is 33.1 Å². The van der Waals surface area contributed by atoms with Gasteiger partial charge in [-0.25, -0.2) is 8.42 Å². The number of sulfone groups is 1. The number of nitrogen functional groups attached to an aromatic ring is 1. The number of hydrogen-bond acceptors (Lipinski definition) is 6. The lowest BCUT2D eigenvalue weighted by Gasteiger charge is -2.16. The van der Waals surface area contributed by atoms with Crippen LogP contribution in [-0.2, 0) is 9.84 Å². The van der Waals surface area contributed by atoms with Gasteiger partial charge in [-0.15, -0.1) is 0 Å². The van der Waals surface area contributed by atoms with Crippen LogP contribution in [0.2, 0.25) is 0 Å². The van der Waals surface area contributed by atoms with E-state index in [4.69, 9.17) is 5.73 Å². The van der Waals surface area contributed by atoms with Gasteiger partial charge in [0, 0.05) is 6.54 Å². The van der Waals surface area contributed by atoms with Crippen LogP contribution in [0.1, 0.15) is 52.4 Å². The molecular weight excluding hydrogens is 306 g/mol. The van der Waals surface area contributed by atoms with Gasteiger partial charge in [-0.3, -0.25) is 0 Å². The molecule has 5 nitrogen and oxygen atoms in total. The van der Waals surface area contributed by atoms with Gasteiger partial charge < -0.3 is 11.1 Å². The smallest absolute Gasteiger partial charge is 0.187 e. The van der Waals surface area contributed by atoms with Gasteiger partial charge in [0.1, 0.15) is 9.90 Å². The molecule has 1 aliphatic carbocycles. The fourth-order valence-corrected chi connectivity index (χ4v) is 5.30. The SMILES string of the molecule is CCCCC(CC)CNc1snc(N)c1S(=O)(=O)C1CC1. The van der Waals surface area contributed by atoms with E-state index in [1.165, 1.54) is 19.3 Å². The Kier molecular flexibility index (Phi) is 5.48. The first-order valence-electron chi connectivity index (χ1n) is 7.73. The highest BCUT2D eigenvalue weighted by atomic mass is 32.2. The van der Waals surface area contributed by atoms with Crippen LogP contribution in [0.3, 0.4) is 0 Å². The zero-order valence-electron chi connectivity index (χ0n) is 12.8. The van der Waals surface area contributed by atoms with Gasteiger partial charge in [0.15, 0.2) is 15.7 Å². The lowest BCUT2D eigenvalue weighted by molar-refractivity contribution is 0.473. The molecule has 1 unspecified atom stereocenters. The molecule has 0 bridgehead atoms. The van der Waals surface area contributed by atoms with E-state index in [0.29, 0.717) is 10.9 Å². The van der Waals surface area contributed by atoms with Crippen molar-refractivity contribution in [1.82, 2.24) is 4.37 Å². The number of nitrogens with one attached hydrogen (secondary N) is 1. The van der Waals surface area contributed by atoms with E-state index in [-0.39, 0.29) is 16.0 Å². The number of aromatic nitrogens is 1. The van der Waals surface area contributed by atoms with Gasteiger partial charge in [0.05, 0.1) is 5.25 Å². The lowest BCUT2D eigenvalue weighted by Crippen LogP contribution is -2.16. The Hall–Kier alpha value is -0.820. The van der Waals surface area contributed by atoms with Crippen LogP contribution in [0.5, 0.6) is 0 Å². The maximum absolute atomic E-state index is 12.4. The van der Waals surface area contributed by atoms with Crippen LogP contribution in [0.25, 0.3) is 0 Å². The molecule has 0 amide bonds. The van der Waals surface area contributed by atoms with E-state index in [0.717, 1.165) is 37.3 Å². The Morgan fingerprint density at radius 1 is 1.43 bits per heavy atom. The second kappa shape index (κ2) is 6.96. The van der Waals surface area contributed by atoms with Gasteiger partial charge in [-0.05, 0) is 36.7 Å². The summed E-state index contributed by atoms with van der Waals surface area (Å²) in [6.07, 6.45) is 6.13. The third-order valence-electron chi connectivity index (χ3n) is 4.02. The number of nitrogens with two attached hydrogens (primary N) is 1. The zero-order valence-corrected chi connectivity index (χ0v) is 14.4. The first-order chi connectivity index (χ1) is 10.0. The monoisotopic (exact) mass is 331 g/mol. The van der Waals surface area contributed by atoms with Crippen LogP contribution in [0.15, 0.2) is 4.90 Å². The van der Waals surface area contributed by atoms with Crippen molar-refractivity contribution in [3.8, 4) is 0 Å². The average molecular weight is 332 g/mol. The largest absolute Gasteiger partial charge is 0.382 e. The average Bonchev–Trinajstić information content (AvgIpc) is 3.24. The molecule has 0 aromatic carbocycles. The molecular formula is C14H25N3O2S2. The number of unbranched alkanes of at least 4 members (excludes halogenated alkanes) is 1.